The number of pyridine rings is 1. The Labute approximate surface area is 149 Å². The smallest absolute Gasteiger partial charge is 0.217 e. The third-order valence-corrected chi connectivity index (χ3v) is 4.36. The molecule has 25 heavy (non-hydrogen) atoms. The molecule has 0 unspecified atom stereocenters. The van der Waals surface area contributed by atoms with Gasteiger partial charge in [0.2, 0.25) is 5.91 Å². The topological polar surface area (TPSA) is 54.5 Å². The lowest BCUT2D eigenvalue weighted by Crippen LogP contribution is -2.46. The molecular formula is C20H25N3O2. The number of hydrogen-bond acceptors (Lipinski definition) is 4. The maximum Gasteiger partial charge on any atom is 0.217 e. The minimum absolute atomic E-state index is 0.0567. The highest BCUT2D eigenvalue weighted by atomic mass is 16.5. The van der Waals surface area contributed by atoms with Crippen molar-refractivity contribution >= 4 is 5.91 Å². The van der Waals surface area contributed by atoms with Crippen molar-refractivity contribution in [1.82, 2.24) is 15.2 Å². The molecule has 0 radical (unpaired) electrons. The van der Waals surface area contributed by atoms with Crippen LogP contribution in [0.25, 0.3) is 0 Å². The Morgan fingerprint density at radius 2 is 2.12 bits per heavy atom. The predicted molar refractivity (Wildman–Crippen MR) is 97.1 cm³/mol. The Hall–Kier alpha value is -2.40. The van der Waals surface area contributed by atoms with E-state index < -0.39 is 0 Å². The molecule has 1 saturated heterocycles. The first-order valence-corrected chi connectivity index (χ1v) is 8.80. The summed E-state index contributed by atoms with van der Waals surface area (Å²) in [5.74, 6) is 0.908. The first kappa shape index (κ1) is 17.4. The molecule has 132 valence electrons. The Kier molecular flexibility index (Phi) is 6.01. The van der Waals surface area contributed by atoms with Crippen LogP contribution in [0.15, 0.2) is 48.7 Å². The van der Waals surface area contributed by atoms with Gasteiger partial charge < -0.3 is 10.1 Å². The monoisotopic (exact) mass is 339 g/mol. The van der Waals surface area contributed by atoms with Gasteiger partial charge in [-0.2, -0.15) is 0 Å². The van der Waals surface area contributed by atoms with E-state index in [4.69, 9.17) is 4.74 Å². The largest absolute Gasteiger partial charge is 0.487 e. The van der Waals surface area contributed by atoms with Crippen LogP contribution >= 0.6 is 0 Å². The lowest BCUT2D eigenvalue weighted by atomic mass is 10.0. The fraction of sp³-hybridized carbons (Fsp3) is 0.400. The zero-order chi connectivity index (χ0) is 17.5. The number of nitrogens with zero attached hydrogens (tertiary/aromatic N) is 2. The van der Waals surface area contributed by atoms with E-state index in [1.165, 1.54) is 5.56 Å². The molecule has 3 rings (SSSR count). The number of carbonyl (C=O) groups excluding carboxylic acids is 1. The zero-order valence-corrected chi connectivity index (χ0v) is 14.6. The lowest BCUT2D eigenvalue weighted by molar-refractivity contribution is -0.120. The number of rotatable bonds is 6. The highest BCUT2D eigenvalue weighted by molar-refractivity contribution is 5.73. The first-order valence-electron chi connectivity index (χ1n) is 8.80. The minimum Gasteiger partial charge on any atom is -0.487 e. The molecule has 2 aromatic rings. The fourth-order valence-electron chi connectivity index (χ4n) is 3.19. The summed E-state index contributed by atoms with van der Waals surface area (Å²) in [5, 5.41) is 3.03. The lowest BCUT2D eigenvalue weighted by Gasteiger charge is -2.33. The molecule has 0 bridgehead atoms. The maximum absolute atomic E-state index is 11.2. The first-order chi connectivity index (χ1) is 12.2. The van der Waals surface area contributed by atoms with Gasteiger partial charge in [0.25, 0.3) is 0 Å². The van der Waals surface area contributed by atoms with Crippen LogP contribution in [-0.2, 0) is 17.9 Å². The molecule has 1 aromatic carbocycles. The Morgan fingerprint density at radius 3 is 2.84 bits per heavy atom. The molecule has 5 heteroatoms. The van der Waals surface area contributed by atoms with Crippen LogP contribution in [0.1, 0.15) is 31.0 Å². The molecule has 0 saturated carbocycles. The van der Waals surface area contributed by atoms with Gasteiger partial charge in [-0.1, -0.05) is 18.2 Å². The van der Waals surface area contributed by atoms with Crippen molar-refractivity contribution in [1.29, 1.82) is 0 Å². The summed E-state index contributed by atoms with van der Waals surface area (Å²) < 4.78 is 5.77. The molecule has 1 aliphatic heterocycles. The number of piperidine rings is 1. The van der Waals surface area contributed by atoms with Gasteiger partial charge in [0, 0.05) is 32.3 Å². The molecule has 0 aliphatic carbocycles. The second kappa shape index (κ2) is 8.62. The SMILES string of the molecule is CC(=O)N[C@@H]1CCCN(Cc2ccc(OCc3ccccn3)cc2)C1. The summed E-state index contributed by atoms with van der Waals surface area (Å²) in [6.45, 7) is 4.95. The van der Waals surface area contributed by atoms with E-state index in [9.17, 15) is 4.79 Å². The summed E-state index contributed by atoms with van der Waals surface area (Å²) in [4.78, 5) is 17.9. The maximum atomic E-state index is 11.2. The van der Waals surface area contributed by atoms with Crippen molar-refractivity contribution in [2.45, 2.75) is 39.0 Å². The summed E-state index contributed by atoms with van der Waals surface area (Å²) in [7, 11) is 0. The van der Waals surface area contributed by atoms with Crippen LogP contribution < -0.4 is 10.1 Å². The number of nitrogens with one attached hydrogen (secondary N) is 1. The number of likely N-dealkylation sites (tertiary alicyclic amines) is 1. The van der Waals surface area contributed by atoms with E-state index in [-0.39, 0.29) is 11.9 Å². The molecule has 1 aliphatic rings. The van der Waals surface area contributed by atoms with Crippen molar-refractivity contribution in [3.8, 4) is 5.75 Å². The van der Waals surface area contributed by atoms with Gasteiger partial charge in [-0.05, 0) is 49.2 Å². The molecule has 1 N–H and O–H groups in total. The van der Waals surface area contributed by atoms with Gasteiger partial charge in [-0.25, -0.2) is 0 Å². The Bertz CT molecular complexity index is 673. The van der Waals surface area contributed by atoms with Crippen molar-refractivity contribution in [3.05, 3.63) is 59.9 Å². The average Bonchev–Trinajstić information content (AvgIpc) is 2.62. The van der Waals surface area contributed by atoms with E-state index in [1.54, 1.807) is 13.1 Å². The summed E-state index contributed by atoms with van der Waals surface area (Å²) >= 11 is 0. The number of amides is 1. The standard InChI is InChI=1S/C20H25N3O2/c1-16(24)22-18-6-4-12-23(14-18)13-17-7-9-20(10-8-17)25-15-19-5-2-3-11-21-19/h2-3,5,7-11,18H,4,6,12-15H2,1H3,(H,22,24)/t18-/m1/s1. The molecule has 1 atom stereocenters. The fourth-order valence-corrected chi connectivity index (χ4v) is 3.19. The van der Waals surface area contributed by atoms with E-state index in [0.29, 0.717) is 6.61 Å². The molecule has 0 spiro atoms. The van der Waals surface area contributed by atoms with Gasteiger partial charge in [-0.15, -0.1) is 0 Å². The minimum atomic E-state index is 0.0567. The van der Waals surface area contributed by atoms with E-state index >= 15 is 0 Å². The third kappa shape index (κ3) is 5.57. The third-order valence-electron chi connectivity index (χ3n) is 4.36. The average molecular weight is 339 g/mol. The highest BCUT2D eigenvalue weighted by Gasteiger charge is 2.20. The van der Waals surface area contributed by atoms with Crippen LogP contribution in [-0.4, -0.2) is 34.9 Å². The molecular weight excluding hydrogens is 314 g/mol. The van der Waals surface area contributed by atoms with E-state index in [0.717, 1.165) is 43.9 Å². The van der Waals surface area contributed by atoms with E-state index in [2.05, 4.69) is 27.3 Å². The molecule has 1 fully saturated rings. The second-order valence-corrected chi connectivity index (χ2v) is 6.53. The van der Waals surface area contributed by atoms with Crippen LogP contribution in [0.2, 0.25) is 0 Å². The zero-order valence-electron chi connectivity index (χ0n) is 14.6. The Balaban J connectivity index is 1.49. The Morgan fingerprint density at radius 1 is 1.28 bits per heavy atom. The van der Waals surface area contributed by atoms with Crippen molar-refractivity contribution in [3.63, 3.8) is 0 Å². The molecule has 1 aromatic heterocycles. The molecule has 1 amide bonds. The summed E-state index contributed by atoms with van der Waals surface area (Å²) in [6, 6.07) is 14.3. The van der Waals surface area contributed by atoms with Crippen molar-refractivity contribution in [2.24, 2.45) is 0 Å². The number of aromatic nitrogens is 1. The molecule has 2 heterocycles. The van der Waals surface area contributed by atoms with Crippen LogP contribution in [0.3, 0.4) is 0 Å². The van der Waals surface area contributed by atoms with Gasteiger partial charge in [0.15, 0.2) is 0 Å². The summed E-state index contributed by atoms with van der Waals surface area (Å²) in [6.07, 6.45) is 3.96. The van der Waals surface area contributed by atoms with Crippen LogP contribution in [0.5, 0.6) is 5.75 Å². The number of benzene rings is 1. The van der Waals surface area contributed by atoms with Gasteiger partial charge >= 0.3 is 0 Å². The summed E-state index contributed by atoms with van der Waals surface area (Å²) in [5.41, 5.74) is 2.18. The second-order valence-electron chi connectivity index (χ2n) is 6.53. The van der Waals surface area contributed by atoms with Gasteiger partial charge in [0.05, 0.1) is 5.69 Å². The van der Waals surface area contributed by atoms with Crippen LogP contribution in [0, 0.1) is 0 Å². The van der Waals surface area contributed by atoms with Gasteiger partial charge in [0.1, 0.15) is 12.4 Å². The highest BCUT2D eigenvalue weighted by Crippen LogP contribution is 2.17. The quantitative estimate of drug-likeness (QED) is 0.879. The number of ether oxygens (including phenoxy) is 1. The number of carbonyl (C=O) groups is 1. The van der Waals surface area contributed by atoms with Gasteiger partial charge in [-0.3, -0.25) is 14.7 Å². The normalized spacial score (nSPS) is 17.9. The van der Waals surface area contributed by atoms with Crippen LogP contribution in [0.4, 0.5) is 0 Å². The predicted octanol–water partition coefficient (Wildman–Crippen LogP) is 2.76. The van der Waals surface area contributed by atoms with E-state index in [1.807, 2.05) is 30.3 Å². The number of hydrogen-bond donors (Lipinski definition) is 1. The molecule has 5 nitrogen and oxygen atoms in total. The van der Waals surface area contributed by atoms with Crippen molar-refractivity contribution < 1.29 is 9.53 Å². The van der Waals surface area contributed by atoms with Crippen molar-refractivity contribution in [2.75, 3.05) is 13.1 Å².